The molecule has 5 rings (SSSR count). The van der Waals surface area contributed by atoms with Gasteiger partial charge < -0.3 is 19.8 Å². The normalized spacial score (nSPS) is 13.4. The van der Waals surface area contributed by atoms with Crippen LogP contribution in [0.2, 0.25) is 0 Å². The number of carbonyl (C=O) groups is 1. The van der Waals surface area contributed by atoms with Crippen molar-refractivity contribution in [3.05, 3.63) is 51.8 Å². The fourth-order valence-corrected chi connectivity index (χ4v) is 3.99. The first-order valence-electron chi connectivity index (χ1n) is 8.61. The predicted octanol–water partition coefficient (Wildman–Crippen LogP) is 3.57. The fourth-order valence-electron chi connectivity index (χ4n) is 3.87. The Labute approximate surface area is 171 Å². The van der Waals surface area contributed by atoms with Crippen molar-refractivity contribution >= 4 is 46.3 Å². The monoisotopic (exact) mass is 418 g/mol. The number of anilines is 1. The van der Waals surface area contributed by atoms with Crippen molar-refractivity contribution < 1.29 is 14.3 Å². The highest BCUT2D eigenvalue weighted by Gasteiger charge is 2.35. The zero-order valence-electron chi connectivity index (χ0n) is 14.7. The summed E-state index contributed by atoms with van der Waals surface area (Å²) in [5.74, 6) is 1.40. The van der Waals surface area contributed by atoms with Gasteiger partial charge in [0.25, 0.3) is 5.56 Å². The molecule has 0 radical (unpaired) electrons. The molecule has 0 spiro atoms. The SMILES string of the molecule is Cl.Nc1ccc2c3c(n(CCCCl)c(=O)c2c1)-c1cc2c(cc1C3=O)OCO2. The third-order valence-corrected chi connectivity index (χ3v) is 5.32. The Kier molecular flexibility index (Phi) is 4.48. The number of aromatic nitrogens is 1. The van der Waals surface area contributed by atoms with Crippen molar-refractivity contribution in [2.45, 2.75) is 13.0 Å². The minimum Gasteiger partial charge on any atom is -0.454 e. The number of ether oxygens (including phenoxy) is 2. The highest BCUT2D eigenvalue weighted by molar-refractivity contribution is 6.27. The summed E-state index contributed by atoms with van der Waals surface area (Å²) in [6.45, 7) is 0.534. The molecule has 1 aliphatic heterocycles. The molecule has 0 fully saturated rings. The number of carbonyl (C=O) groups excluding carboxylic acids is 1. The summed E-state index contributed by atoms with van der Waals surface area (Å²) in [4.78, 5) is 26.4. The molecule has 2 heterocycles. The number of benzene rings is 2. The third-order valence-electron chi connectivity index (χ3n) is 5.05. The second-order valence-corrected chi connectivity index (χ2v) is 6.99. The van der Waals surface area contributed by atoms with E-state index in [-0.39, 0.29) is 30.5 Å². The lowest BCUT2D eigenvalue weighted by Gasteiger charge is -2.15. The molecular formula is C20H16Cl2N2O4. The van der Waals surface area contributed by atoms with Crippen molar-refractivity contribution in [2.24, 2.45) is 0 Å². The highest BCUT2D eigenvalue weighted by Crippen LogP contribution is 2.45. The van der Waals surface area contributed by atoms with Gasteiger partial charge in [0, 0.05) is 40.0 Å². The topological polar surface area (TPSA) is 83.6 Å². The van der Waals surface area contributed by atoms with E-state index >= 15 is 0 Å². The van der Waals surface area contributed by atoms with Crippen molar-refractivity contribution in [1.82, 2.24) is 4.57 Å². The number of pyridine rings is 1. The number of ketones is 1. The Morgan fingerprint density at radius 1 is 1.04 bits per heavy atom. The maximum Gasteiger partial charge on any atom is 0.259 e. The minimum atomic E-state index is -0.181. The van der Waals surface area contributed by atoms with E-state index in [1.54, 1.807) is 34.9 Å². The minimum absolute atomic E-state index is 0. The van der Waals surface area contributed by atoms with Crippen LogP contribution in [0, 0.1) is 0 Å². The Morgan fingerprint density at radius 2 is 1.75 bits per heavy atom. The Bertz CT molecular complexity index is 1200. The van der Waals surface area contributed by atoms with Crippen LogP contribution in [-0.4, -0.2) is 23.0 Å². The van der Waals surface area contributed by atoms with Gasteiger partial charge in [-0.3, -0.25) is 9.59 Å². The molecular weight excluding hydrogens is 403 g/mol. The molecule has 28 heavy (non-hydrogen) atoms. The lowest BCUT2D eigenvalue weighted by molar-refractivity contribution is 0.104. The summed E-state index contributed by atoms with van der Waals surface area (Å²) in [5.41, 5.74) is 8.50. The molecule has 2 N–H and O–H groups in total. The molecule has 1 aromatic heterocycles. The molecule has 0 unspecified atom stereocenters. The van der Waals surface area contributed by atoms with Gasteiger partial charge in [-0.15, -0.1) is 24.0 Å². The van der Waals surface area contributed by atoms with E-state index in [4.69, 9.17) is 26.8 Å². The van der Waals surface area contributed by atoms with Gasteiger partial charge in [-0.25, -0.2) is 0 Å². The smallest absolute Gasteiger partial charge is 0.259 e. The van der Waals surface area contributed by atoms with E-state index < -0.39 is 0 Å². The molecule has 3 aromatic rings. The second-order valence-electron chi connectivity index (χ2n) is 6.61. The fraction of sp³-hybridized carbons (Fsp3) is 0.200. The number of fused-ring (bicyclic) bond motifs is 6. The molecule has 2 aromatic carbocycles. The molecule has 2 aliphatic rings. The molecule has 144 valence electrons. The second kappa shape index (κ2) is 6.72. The molecule has 1 aliphatic carbocycles. The summed E-state index contributed by atoms with van der Waals surface area (Å²) in [6.07, 6.45) is 0.607. The number of nitrogens with zero attached hydrogens (tertiary/aromatic N) is 1. The first-order valence-corrected chi connectivity index (χ1v) is 9.14. The van der Waals surface area contributed by atoms with Crippen LogP contribution in [0.5, 0.6) is 11.5 Å². The zero-order chi connectivity index (χ0) is 18.7. The Balaban J connectivity index is 0.00000192. The van der Waals surface area contributed by atoms with Crippen LogP contribution in [-0.2, 0) is 6.54 Å². The van der Waals surface area contributed by atoms with Gasteiger partial charge >= 0.3 is 0 Å². The highest BCUT2D eigenvalue weighted by atomic mass is 35.5. The van der Waals surface area contributed by atoms with Crippen molar-refractivity contribution in [1.29, 1.82) is 0 Å². The number of nitrogens with two attached hydrogens (primary N) is 1. The van der Waals surface area contributed by atoms with Gasteiger partial charge in [0.2, 0.25) is 6.79 Å². The zero-order valence-corrected chi connectivity index (χ0v) is 16.2. The van der Waals surface area contributed by atoms with E-state index in [9.17, 15) is 9.59 Å². The number of rotatable bonds is 3. The Morgan fingerprint density at radius 3 is 2.46 bits per heavy atom. The number of halogens is 2. The van der Waals surface area contributed by atoms with Gasteiger partial charge in [0.1, 0.15) is 0 Å². The summed E-state index contributed by atoms with van der Waals surface area (Å²) in [5, 5.41) is 1.04. The average molecular weight is 419 g/mol. The molecule has 0 saturated carbocycles. The van der Waals surface area contributed by atoms with Gasteiger partial charge in [0.15, 0.2) is 17.3 Å². The van der Waals surface area contributed by atoms with Crippen molar-refractivity contribution in [2.75, 3.05) is 18.4 Å². The summed E-state index contributed by atoms with van der Waals surface area (Å²) >= 11 is 5.86. The molecule has 0 atom stereocenters. The predicted molar refractivity (Wildman–Crippen MR) is 110 cm³/mol. The maximum absolute atomic E-state index is 13.3. The van der Waals surface area contributed by atoms with E-state index in [1.165, 1.54) is 0 Å². The molecule has 0 bridgehead atoms. The Hall–Kier alpha value is -2.70. The number of nitrogen functional groups attached to an aromatic ring is 1. The largest absolute Gasteiger partial charge is 0.454 e. The van der Waals surface area contributed by atoms with Crippen molar-refractivity contribution in [3.8, 4) is 22.8 Å². The number of hydrogen-bond donors (Lipinski definition) is 1. The van der Waals surface area contributed by atoms with Crippen LogP contribution in [0.3, 0.4) is 0 Å². The van der Waals surface area contributed by atoms with Gasteiger partial charge in [-0.1, -0.05) is 6.07 Å². The molecule has 6 nitrogen and oxygen atoms in total. The first kappa shape index (κ1) is 18.7. The van der Waals surface area contributed by atoms with E-state index in [1.807, 2.05) is 0 Å². The lowest BCUT2D eigenvalue weighted by Crippen LogP contribution is -2.23. The van der Waals surface area contributed by atoms with Crippen LogP contribution in [0.4, 0.5) is 5.69 Å². The van der Waals surface area contributed by atoms with Crippen molar-refractivity contribution in [3.63, 3.8) is 0 Å². The average Bonchev–Trinajstić information content (AvgIpc) is 3.23. The molecule has 8 heteroatoms. The van der Waals surface area contributed by atoms with Crippen LogP contribution in [0.1, 0.15) is 22.3 Å². The van der Waals surface area contributed by atoms with E-state index in [0.717, 1.165) is 0 Å². The van der Waals surface area contributed by atoms with Crippen LogP contribution in [0.15, 0.2) is 35.1 Å². The maximum atomic E-state index is 13.3. The van der Waals surface area contributed by atoms with Gasteiger partial charge in [0.05, 0.1) is 11.3 Å². The first-order chi connectivity index (χ1) is 13.1. The molecule has 0 amide bonds. The van der Waals surface area contributed by atoms with Crippen LogP contribution in [0.25, 0.3) is 22.0 Å². The van der Waals surface area contributed by atoms with E-state index in [0.29, 0.717) is 69.2 Å². The summed E-state index contributed by atoms with van der Waals surface area (Å²) < 4.78 is 12.5. The van der Waals surface area contributed by atoms with E-state index in [2.05, 4.69) is 0 Å². The van der Waals surface area contributed by atoms with Gasteiger partial charge in [-0.05, 0) is 30.7 Å². The molecule has 0 saturated heterocycles. The number of alkyl halides is 1. The van der Waals surface area contributed by atoms with Gasteiger partial charge in [-0.2, -0.15) is 0 Å². The summed E-state index contributed by atoms with van der Waals surface area (Å²) in [7, 11) is 0. The lowest BCUT2D eigenvalue weighted by atomic mass is 10.0. The quantitative estimate of drug-likeness (QED) is 0.406. The van der Waals surface area contributed by atoms with Crippen LogP contribution >= 0.6 is 24.0 Å². The van der Waals surface area contributed by atoms with Crippen LogP contribution < -0.4 is 20.8 Å². The summed E-state index contributed by atoms with van der Waals surface area (Å²) in [6, 6.07) is 8.53. The number of hydrogen-bond acceptors (Lipinski definition) is 5. The third kappa shape index (κ3) is 2.48. The standard InChI is InChI=1S/C20H15ClN2O4.ClH/c21-4-1-5-23-18-12-7-15-16(27-9-26-15)8-13(12)19(24)17(18)11-3-2-10(22)6-14(11)20(23)25;/h2-3,6-8H,1,4-5,9,22H2;1H.